The number of nitrogens with one attached hydrogen (secondary N) is 1. The average molecular weight is 589 g/mol. The molecule has 0 aromatic heterocycles. The van der Waals surface area contributed by atoms with Crippen LogP contribution in [0.25, 0.3) is 0 Å². The number of nitro benzene ring substituents is 1. The zero-order valence-electron chi connectivity index (χ0n) is 18.0. The Labute approximate surface area is 209 Å². The highest BCUT2D eigenvalue weighted by Gasteiger charge is 2.34. The number of hydrogen-bond acceptors (Lipinski definition) is 6. The summed E-state index contributed by atoms with van der Waals surface area (Å²) in [6, 6.07) is 4.15. The lowest BCUT2D eigenvalue weighted by Crippen LogP contribution is -2.26. The molecule has 0 aliphatic heterocycles. The number of alkyl halides is 3. The minimum Gasteiger partial charge on any atom is -0.591 e. The van der Waals surface area contributed by atoms with Crippen molar-refractivity contribution in [3.63, 3.8) is 0 Å². The molecule has 1 unspecified atom stereocenters. The Bertz CT molecular complexity index is 1080. The van der Waals surface area contributed by atoms with Crippen molar-refractivity contribution in [3.05, 3.63) is 61.3 Å². The molecule has 1 N–H and O–H groups in total. The van der Waals surface area contributed by atoms with Gasteiger partial charge in [0.15, 0.2) is 0 Å². The molecule has 0 heterocycles. The van der Waals surface area contributed by atoms with Gasteiger partial charge < -0.3 is 14.6 Å². The number of halogens is 6. The number of benzene rings is 2. The molecule has 14 heteroatoms. The highest BCUT2D eigenvalue weighted by Crippen LogP contribution is 2.40. The summed E-state index contributed by atoms with van der Waals surface area (Å²) < 4.78 is 72.4. The largest absolute Gasteiger partial charge is 0.591 e. The molecule has 2 aromatic rings. The van der Waals surface area contributed by atoms with Crippen LogP contribution in [0.1, 0.15) is 38.8 Å². The molecule has 7 nitrogen and oxygen atoms in total. The Hall–Kier alpha value is -2.09. The van der Waals surface area contributed by atoms with Crippen LogP contribution < -0.4 is 10.1 Å². The second-order valence-corrected chi connectivity index (χ2v) is 11.0. The van der Waals surface area contributed by atoms with Crippen molar-refractivity contribution >= 4 is 56.5 Å². The summed E-state index contributed by atoms with van der Waals surface area (Å²) in [7, 11) is 0. The predicted octanol–water partition coefficient (Wildman–Crippen LogP) is 7.12. The van der Waals surface area contributed by atoms with E-state index in [1.54, 1.807) is 20.8 Å². The fraction of sp³-hybridized carbons (Fsp3) is 0.350. The second-order valence-electron chi connectivity index (χ2n) is 7.82. The van der Waals surface area contributed by atoms with Gasteiger partial charge in [-0.3, -0.25) is 10.1 Å². The van der Waals surface area contributed by atoms with E-state index in [9.17, 15) is 32.2 Å². The molecular weight excluding hydrogens is 570 g/mol. The zero-order valence-corrected chi connectivity index (χ0v) is 21.1. The van der Waals surface area contributed by atoms with Crippen molar-refractivity contribution in [3.8, 4) is 5.75 Å². The smallest absolute Gasteiger partial charge is 0.573 e. The number of nitro groups is 1. The number of anilines is 1. The van der Waals surface area contributed by atoms with E-state index in [-0.39, 0.29) is 27.2 Å². The summed E-state index contributed by atoms with van der Waals surface area (Å²) in [6.07, 6.45) is -4.02. The molecule has 186 valence electrons. The third-order valence-corrected chi connectivity index (χ3v) is 6.51. The Morgan fingerprint density at radius 3 is 2.53 bits per heavy atom. The van der Waals surface area contributed by atoms with E-state index in [1.165, 1.54) is 18.3 Å². The van der Waals surface area contributed by atoms with E-state index in [0.717, 1.165) is 12.1 Å². The van der Waals surface area contributed by atoms with Gasteiger partial charge in [-0.2, -0.15) is 0 Å². The highest BCUT2D eigenvalue weighted by molar-refractivity contribution is 9.10. The van der Waals surface area contributed by atoms with Crippen LogP contribution in [0.2, 0.25) is 5.02 Å². The molecule has 0 aliphatic rings. The molecule has 2 aromatic carbocycles. The lowest BCUT2D eigenvalue weighted by atomic mass is 10.0. The highest BCUT2D eigenvalue weighted by atomic mass is 79.9. The van der Waals surface area contributed by atoms with Crippen molar-refractivity contribution in [2.24, 2.45) is 4.40 Å². The van der Waals surface area contributed by atoms with Gasteiger partial charge in [0.1, 0.15) is 33.4 Å². The van der Waals surface area contributed by atoms with Crippen LogP contribution in [0.4, 0.5) is 28.9 Å². The van der Waals surface area contributed by atoms with E-state index in [1.807, 2.05) is 0 Å². The lowest BCUT2D eigenvalue weighted by molar-refractivity contribution is -0.384. The van der Waals surface area contributed by atoms with Crippen molar-refractivity contribution in [1.29, 1.82) is 0 Å². The fourth-order valence-corrected chi connectivity index (χ4v) is 3.86. The second kappa shape index (κ2) is 11.1. The van der Waals surface area contributed by atoms with Crippen molar-refractivity contribution in [2.45, 2.75) is 44.3 Å². The normalized spacial score (nSPS) is 14.2. The summed E-state index contributed by atoms with van der Waals surface area (Å²) in [5.41, 5.74) is -1.04. The molecule has 34 heavy (non-hydrogen) atoms. The number of nitrogens with zero attached hydrogens (tertiary/aromatic N) is 2. The summed E-state index contributed by atoms with van der Waals surface area (Å²) in [4.78, 5) is 10.6. The van der Waals surface area contributed by atoms with Gasteiger partial charge in [-0.15, -0.1) is 13.2 Å². The molecule has 2 atom stereocenters. The molecule has 0 fully saturated rings. The van der Waals surface area contributed by atoms with Crippen molar-refractivity contribution in [2.75, 3.05) is 5.32 Å². The predicted molar refractivity (Wildman–Crippen MR) is 126 cm³/mol. The maximum atomic E-state index is 13.9. The minimum absolute atomic E-state index is 0.118. The summed E-state index contributed by atoms with van der Waals surface area (Å²) >= 11 is 7.46. The van der Waals surface area contributed by atoms with Crippen molar-refractivity contribution < 1.29 is 31.8 Å². The molecule has 0 amide bonds. The molecule has 0 bridgehead atoms. The van der Waals surface area contributed by atoms with Gasteiger partial charge >= 0.3 is 6.36 Å². The molecule has 0 spiro atoms. The van der Waals surface area contributed by atoms with Gasteiger partial charge in [0, 0.05) is 17.0 Å². The summed E-state index contributed by atoms with van der Waals surface area (Å²) in [6.45, 7) is 5.04. The first-order valence-corrected chi connectivity index (χ1v) is 11.8. The van der Waals surface area contributed by atoms with E-state index < -0.39 is 50.7 Å². The van der Waals surface area contributed by atoms with Gasteiger partial charge in [0.25, 0.3) is 5.69 Å². The molecule has 0 aliphatic carbocycles. The Kier molecular flexibility index (Phi) is 9.19. The minimum atomic E-state index is -5.04. The number of ether oxygens (including phenoxy) is 1. The SMILES string of the molecule is CC(C)(C)[S+]([O-])/N=C\C[C@@H](Nc1cc(Br)c(F)cc1[N+](=O)[O-])c1c(Cl)cccc1OC(F)(F)F. The van der Waals surface area contributed by atoms with Crippen LogP contribution >= 0.6 is 27.5 Å². The van der Waals surface area contributed by atoms with Crippen LogP contribution in [0.3, 0.4) is 0 Å². The summed E-state index contributed by atoms with van der Waals surface area (Å²) in [5.74, 6) is -1.55. The maximum Gasteiger partial charge on any atom is 0.573 e. The molecule has 2 rings (SSSR count). The first kappa shape index (κ1) is 28.1. The number of rotatable bonds is 8. The Morgan fingerprint density at radius 1 is 1.32 bits per heavy atom. The summed E-state index contributed by atoms with van der Waals surface area (Å²) in [5, 5.41) is 14.1. The van der Waals surface area contributed by atoms with Gasteiger partial charge in [-0.1, -0.05) is 22.1 Å². The van der Waals surface area contributed by atoms with Gasteiger partial charge in [-0.25, -0.2) is 4.39 Å². The Balaban J connectivity index is 2.59. The average Bonchev–Trinajstić information content (AvgIpc) is 2.67. The fourth-order valence-electron chi connectivity index (χ4n) is 2.68. The maximum absolute atomic E-state index is 13.9. The van der Waals surface area contributed by atoms with Crippen LogP contribution in [0.15, 0.2) is 39.2 Å². The van der Waals surface area contributed by atoms with E-state index >= 15 is 0 Å². The third-order valence-electron chi connectivity index (χ3n) is 4.19. The van der Waals surface area contributed by atoms with Crippen molar-refractivity contribution in [1.82, 2.24) is 0 Å². The first-order valence-electron chi connectivity index (χ1n) is 9.49. The van der Waals surface area contributed by atoms with Gasteiger partial charge in [0.05, 0.1) is 27.7 Å². The van der Waals surface area contributed by atoms with E-state index in [2.05, 4.69) is 30.4 Å². The number of hydrogen-bond donors (Lipinski definition) is 1. The third kappa shape index (κ3) is 7.72. The lowest BCUT2D eigenvalue weighted by Gasteiger charge is -2.23. The first-order chi connectivity index (χ1) is 15.6. The quantitative estimate of drug-likeness (QED) is 0.116. The monoisotopic (exact) mass is 587 g/mol. The Morgan fingerprint density at radius 2 is 1.97 bits per heavy atom. The van der Waals surface area contributed by atoms with Crippen LogP contribution in [-0.4, -0.2) is 26.8 Å². The zero-order chi connectivity index (χ0) is 25.8. The van der Waals surface area contributed by atoms with E-state index in [4.69, 9.17) is 11.6 Å². The standard InChI is InChI=1S/C20H19BrClF4N3O4S/c1-19(2,3)34(32)27-8-7-14(18-12(22)5-4-6-17(18)33-20(24,25)26)28-15-9-11(21)13(23)10-16(15)29(30)31/h4-6,8-10,14,28H,7H2,1-3H3/b27-8-/t14-,34?/m1/s1. The molecule has 0 radical (unpaired) electrons. The topological polar surface area (TPSA) is 99.8 Å². The van der Waals surface area contributed by atoms with Crippen LogP contribution in [0.5, 0.6) is 5.75 Å². The van der Waals surface area contributed by atoms with Gasteiger partial charge in [0.2, 0.25) is 0 Å². The van der Waals surface area contributed by atoms with Crippen LogP contribution in [-0.2, 0) is 11.4 Å². The molecular formula is C20H19BrClF4N3O4S. The van der Waals surface area contributed by atoms with Gasteiger partial charge in [-0.05, 0) is 54.9 Å². The van der Waals surface area contributed by atoms with E-state index in [0.29, 0.717) is 6.07 Å². The molecule has 0 saturated heterocycles. The molecule has 0 saturated carbocycles. The van der Waals surface area contributed by atoms with Crippen LogP contribution in [0, 0.1) is 15.9 Å².